The number of halogens is 1. The Bertz CT molecular complexity index is 1150. The molecule has 0 saturated heterocycles. The molecular formula is C19H15FN4OS. The molecule has 0 amide bonds. The van der Waals surface area contributed by atoms with E-state index < -0.39 is 5.82 Å². The zero-order chi connectivity index (χ0) is 18.1. The minimum absolute atomic E-state index is 0.193. The largest absolute Gasteiger partial charge is 0.337 e. The van der Waals surface area contributed by atoms with E-state index in [9.17, 15) is 9.18 Å². The molecule has 0 unspecified atom stereocenters. The van der Waals surface area contributed by atoms with Gasteiger partial charge < -0.3 is 4.57 Å². The molecule has 7 heteroatoms. The van der Waals surface area contributed by atoms with Crippen molar-refractivity contribution in [2.75, 3.05) is 0 Å². The van der Waals surface area contributed by atoms with Crippen molar-refractivity contribution in [2.24, 2.45) is 7.05 Å². The molecule has 2 heterocycles. The summed E-state index contributed by atoms with van der Waals surface area (Å²) in [5.74, 6) is 0.894. The molecule has 0 bridgehead atoms. The molecule has 0 aliphatic carbocycles. The minimum atomic E-state index is -0.467. The monoisotopic (exact) mass is 366 g/mol. The van der Waals surface area contributed by atoms with Gasteiger partial charge >= 0.3 is 0 Å². The number of aromatic nitrogens is 4. The van der Waals surface area contributed by atoms with Gasteiger partial charge in [0.2, 0.25) is 0 Å². The van der Waals surface area contributed by atoms with Crippen molar-refractivity contribution in [3.63, 3.8) is 0 Å². The third kappa shape index (κ3) is 2.90. The van der Waals surface area contributed by atoms with Gasteiger partial charge in [-0.25, -0.2) is 14.4 Å². The van der Waals surface area contributed by atoms with Crippen molar-refractivity contribution >= 4 is 22.7 Å². The van der Waals surface area contributed by atoms with E-state index in [-0.39, 0.29) is 11.2 Å². The minimum Gasteiger partial charge on any atom is -0.337 e. The fraction of sp³-hybridized carbons (Fsp3) is 0.105. The van der Waals surface area contributed by atoms with Crippen molar-refractivity contribution in [2.45, 2.75) is 10.9 Å². The van der Waals surface area contributed by atoms with E-state index in [1.165, 1.54) is 22.4 Å². The summed E-state index contributed by atoms with van der Waals surface area (Å²) in [4.78, 5) is 21.9. The normalized spacial score (nSPS) is 11.2. The van der Waals surface area contributed by atoms with Crippen LogP contribution < -0.4 is 5.56 Å². The Hall–Kier alpha value is -2.93. The van der Waals surface area contributed by atoms with Crippen LogP contribution in [0.1, 0.15) is 5.82 Å². The first-order valence-electron chi connectivity index (χ1n) is 8.01. The Morgan fingerprint density at radius 3 is 2.65 bits per heavy atom. The number of imidazole rings is 1. The standard InChI is InChI=1S/C19H15FN4OS/c1-23-11-10-21-17(23)12-26-19-22-15-8-4-2-6-13(15)18(25)24(19)16-9-5-3-7-14(16)20/h2-11H,12H2,1H3. The first kappa shape index (κ1) is 16.5. The van der Waals surface area contributed by atoms with Crippen LogP contribution in [0.15, 0.2) is 70.9 Å². The lowest BCUT2D eigenvalue weighted by molar-refractivity contribution is 0.608. The molecule has 0 atom stereocenters. The molecule has 0 N–H and O–H groups in total. The molecule has 5 nitrogen and oxygen atoms in total. The van der Waals surface area contributed by atoms with Crippen LogP contribution in [0.25, 0.3) is 16.6 Å². The fourth-order valence-electron chi connectivity index (χ4n) is 2.72. The molecule has 0 aliphatic rings. The quantitative estimate of drug-likeness (QED) is 0.409. The summed E-state index contributed by atoms with van der Waals surface area (Å²) >= 11 is 1.35. The SMILES string of the molecule is Cn1ccnc1CSc1nc2ccccc2c(=O)n1-c1ccccc1F. The van der Waals surface area contributed by atoms with Gasteiger partial charge in [-0.1, -0.05) is 36.0 Å². The first-order chi connectivity index (χ1) is 12.6. The Morgan fingerprint density at radius 1 is 1.12 bits per heavy atom. The number of fused-ring (bicyclic) bond motifs is 1. The molecule has 26 heavy (non-hydrogen) atoms. The predicted octanol–water partition coefficient (Wildman–Crippen LogP) is 3.55. The van der Waals surface area contributed by atoms with Crippen molar-refractivity contribution in [1.29, 1.82) is 0 Å². The smallest absolute Gasteiger partial charge is 0.266 e. The highest BCUT2D eigenvalue weighted by atomic mass is 32.2. The number of nitrogens with zero attached hydrogens (tertiary/aromatic N) is 4. The van der Waals surface area contributed by atoms with Crippen LogP contribution in [0, 0.1) is 5.82 Å². The second-order valence-electron chi connectivity index (χ2n) is 5.75. The second kappa shape index (κ2) is 6.76. The van der Waals surface area contributed by atoms with Crippen LogP contribution in [0.5, 0.6) is 0 Å². The number of para-hydroxylation sites is 2. The molecular weight excluding hydrogens is 351 g/mol. The van der Waals surface area contributed by atoms with E-state index in [1.807, 2.05) is 23.9 Å². The maximum Gasteiger partial charge on any atom is 0.266 e. The summed E-state index contributed by atoms with van der Waals surface area (Å²) in [7, 11) is 1.90. The molecule has 130 valence electrons. The second-order valence-corrected chi connectivity index (χ2v) is 6.69. The Kier molecular flexibility index (Phi) is 4.30. The summed E-state index contributed by atoms with van der Waals surface area (Å²) in [6.45, 7) is 0. The zero-order valence-electron chi connectivity index (χ0n) is 14.0. The van der Waals surface area contributed by atoms with Gasteiger partial charge in [0.15, 0.2) is 5.16 Å². The average Bonchev–Trinajstić information content (AvgIpc) is 3.06. The van der Waals surface area contributed by atoms with Crippen LogP contribution in [0.4, 0.5) is 4.39 Å². The van der Waals surface area contributed by atoms with Crippen LogP contribution >= 0.6 is 11.8 Å². The molecule has 2 aromatic heterocycles. The topological polar surface area (TPSA) is 52.7 Å². The molecule has 0 radical (unpaired) electrons. The first-order valence-corrected chi connectivity index (χ1v) is 8.99. The molecule has 0 fully saturated rings. The Morgan fingerprint density at radius 2 is 1.88 bits per heavy atom. The van der Waals surface area contributed by atoms with Gasteiger partial charge in [-0.3, -0.25) is 9.36 Å². The van der Waals surface area contributed by atoms with Gasteiger partial charge in [-0.15, -0.1) is 0 Å². The fourth-order valence-corrected chi connectivity index (χ4v) is 3.73. The number of benzene rings is 2. The summed E-state index contributed by atoms with van der Waals surface area (Å²) in [6.07, 6.45) is 3.57. The summed E-state index contributed by atoms with van der Waals surface area (Å²) < 4.78 is 17.6. The Labute approximate surface area is 153 Å². The third-order valence-electron chi connectivity index (χ3n) is 4.09. The zero-order valence-corrected chi connectivity index (χ0v) is 14.8. The molecule has 0 saturated carbocycles. The van der Waals surface area contributed by atoms with Crippen LogP contribution in [-0.4, -0.2) is 19.1 Å². The maximum absolute atomic E-state index is 14.4. The van der Waals surface area contributed by atoms with Gasteiger partial charge in [0.25, 0.3) is 5.56 Å². The number of aryl methyl sites for hydroxylation is 1. The van der Waals surface area contributed by atoms with Crippen LogP contribution in [0.3, 0.4) is 0 Å². The van der Waals surface area contributed by atoms with Crippen LogP contribution in [-0.2, 0) is 12.8 Å². The molecule has 4 aromatic rings. The van der Waals surface area contributed by atoms with Gasteiger partial charge in [0, 0.05) is 19.4 Å². The number of hydrogen-bond donors (Lipinski definition) is 0. The van der Waals surface area contributed by atoms with Crippen molar-refractivity contribution in [1.82, 2.24) is 19.1 Å². The third-order valence-corrected chi connectivity index (χ3v) is 5.02. The van der Waals surface area contributed by atoms with E-state index in [0.29, 0.717) is 21.8 Å². The highest BCUT2D eigenvalue weighted by Gasteiger charge is 2.16. The van der Waals surface area contributed by atoms with Gasteiger partial charge in [0.1, 0.15) is 11.6 Å². The lowest BCUT2D eigenvalue weighted by Crippen LogP contribution is -2.22. The number of thioether (sulfide) groups is 1. The maximum atomic E-state index is 14.4. The Balaban J connectivity index is 1.89. The van der Waals surface area contributed by atoms with Crippen molar-refractivity contribution < 1.29 is 4.39 Å². The van der Waals surface area contributed by atoms with E-state index in [0.717, 1.165) is 5.82 Å². The van der Waals surface area contributed by atoms with Crippen LogP contribution in [0.2, 0.25) is 0 Å². The molecule has 0 spiro atoms. The van der Waals surface area contributed by atoms with Gasteiger partial charge in [-0.05, 0) is 24.3 Å². The van der Waals surface area contributed by atoms with Crippen molar-refractivity contribution in [3.05, 3.63) is 82.9 Å². The molecule has 2 aromatic carbocycles. The summed E-state index contributed by atoms with van der Waals surface area (Å²) in [6, 6.07) is 13.3. The lowest BCUT2D eigenvalue weighted by Gasteiger charge is -2.13. The molecule has 0 aliphatic heterocycles. The summed E-state index contributed by atoms with van der Waals surface area (Å²) in [5.41, 5.74) is 0.494. The predicted molar refractivity (Wildman–Crippen MR) is 100 cm³/mol. The van der Waals surface area contributed by atoms with Crippen molar-refractivity contribution in [3.8, 4) is 5.69 Å². The van der Waals surface area contributed by atoms with Gasteiger partial charge in [-0.2, -0.15) is 0 Å². The summed E-state index contributed by atoms with van der Waals surface area (Å²) in [5, 5.41) is 0.888. The van der Waals surface area contributed by atoms with E-state index in [4.69, 9.17) is 0 Å². The number of rotatable bonds is 4. The highest BCUT2D eigenvalue weighted by molar-refractivity contribution is 7.98. The van der Waals surface area contributed by atoms with E-state index >= 15 is 0 Å². The number of hydrogen-bond acceptors (Lipinski definition) is 4. The average molecular weight is 366 g/mol. The van der Waals surface area contributed by atoms with Gasteiger partial charge in [0.05, 0.1) is 22.3 Å². The van der Waals surface area contributed by atoms with E-state index in [1.54, 1.807) is 42.6 Å². The lowest BCUT2D eigenvalue weighted by atomic mass is 10.2. The highest BCUT2D eigenvalue weighted by Crippen LogP contribution is 2.25. The van der Waals surface area contributed by atoms with E-state index in [2.05, 4.69) is 9.97 Å². The molecule has 4 rings (SSSR count).